The zero-order chi connectivity index (χ0) is 30.9. The van der Waals surface area contributed by atoms with E-state index in [-0.39, 0.29) is 42.9 Å². The van der Waals surface area contributed by atoms with Gasteiger partial charge in [-0.15, -0.1) is 0 Å². The molecule has 1 saturated heterocycles. The van der Waals surface area contributed by atoms with Gasteiger partial charge in [-0.1, -0.05) is 85.6 Å². The van der Waals surface area contributed by atoms with Crippen LogP contribution < -0.4 is 0 Å². The van der Waals surface area contributed by atoms with Gasteiger partial charge in [0.1, 0.15) is 18.3 Å². The summed E-state index contributed by atoms with van der Waals surface area (Å²) < 4.78 is 23.8. The number of hydrogen-bond acceptors (Lipinski definition) is 7. The van der Waals surface area contributed by atoms with E-state index < -0.39 is 24.3 Å². The number of allylic oxidation sites excluding steroid dienone is 2. The van der Waals surface area contributed by atoms with Crippen molar-refractivity contribution in [1.29, 1.82) is 0 Å². The van der Waals surface area contributed by atoms with Crippen LogP contribution in [-0.2, 0) is 23.7 Å². The first-order valence-corrected chi connectivity index (χ1v) is 16.8. The van der Waals surface area contributed by atoms with E-state index in [1.54, 1.807) is 12.2 Å². The van der Waals surface area contributed by atoms with Crippen LogP contribution in [-0.4, -0.2) is 71.6 Å². The van der Waals surface area contributed by atoms with Gasteiger partial charge in [0, 0.05) is 12.5 Å². The Morgan fingerprint density at radius 1 is 0.977 bits per heavy atom. The predicted molar refractivity (Wildman–Crippen MR) is 171 cm³/mol. The lowest BCUT2D eigenvalue weighted by atomic mass is 9.85. The lowest BCUT2D eigenvalue weighted by molar-refractivity contribution is -0.148. The van der Waals surface area contributed by atoms with E-state index in [4.69, 9.17) is 18.9 Å². The van der Waals surface area contributed by atoms with Crippen LogP contribution in [0.1, 0.15) is 84.0 Å². The quantitative estimate of drug-likeness (QED) is 0.217. The monoisotopic (exact) mass is 608 g/mol. The Balaban J connectivity index is 1.27. The summed E-state index contributed by atoms with van der Waals surface area (Å²) in [5.41, 5.74) is 2.24. The van der Waals surface area contributed by atoms with Crippen LogP contribution in [0.4, 0.5) is 0 Å². The molecule has 0 aromatic heterocycles. The van der Waals surface area contributed by atoms with E-state index >= 15 is 0 Å². The third-order valence-electron chi connectivity index (χ3n) is 9.56. The van der Waals surface area contributed by atoms with Gasteiger partial charge in [0.2, 0.25) is 0 Å². The minimum absolute atomic E-state index is 0.0813. The average Bonchev–Trinajstić information content (AvgIpc) is 3.78. The first kappa shape index (κ1) is 33.1. The number of carbonyl (C=O) groups excluding carboxylic acids is 1. The maximum atomic E-state index is 12.8. The van der Waals surface area contributed by atoms with Crippen molar-refractivity contribution < 1.29 is 34.0 Å². The Hall–Kier alpha value is -2.29. The molecule has 0 spiro atoms. The summed E-state index contributed by atoms with van der Waals surface area (Å²) in [5, 5.41) is 22.1. The fourth-order valence-corrected chi connectivity index (χ4v) is 7.01. The van der Waals surface area contributed by atoms with E-state index in [0.717, 1.165) is 31.3 Å². The third kappa shape index (κ3) is 10.4. The third-order valence-corrected chi connectivity index (χ3v) is 9.56. The molecule has 0 aromatic carbocycles. The van der Waals surface area contributed by atoms with E-state index in [2.05, 4.69) is 37.8 Å². The van der Waals surface area contributed by atoms with Crippen LogP contribution >= 0.6 is 0 Å². The molecule has 242 valence electrons. The highest BCUT2D eigenvalue weighted by Gasteiger charge is 2.46. The summed E-state index contributed by atoms with van der Waals surface area (Å²) in [6.45, 7) is 6.96. The summed E-state index contributed by atoms with van der Waals surface area (Å²) in [6, 6.07) is 0. The highest BCUT2D eigenvalue weighted by molar-refractivity contribution is 5.82. The van der Waals surface area contributed by atoms with Crippen molar-refractivity contribution >= 4 is 5.97 Å². The Kier molecular flexibility index (Phi) is 12.3. The van der Waals surface area contributed by atoms with Crippen molar-refractivity contribution in [3.63, 3.8) is 0 Å². The molecule has 2 fully saturated rings. The van der Waals surface area contributed by atoms with Crippen LogP contribution in [0.2, 0.25) is 0 Å². The summed E-state index contributed by atoms with van der Waals surface area (Å²) in [7, 11) is 0. The highest BCUT2D eigenvalue weighted by atomic mass is 16.6. The number of carbonyl (C=O) groups is 1. The fourth-order valence-electron chi connectivity index (χ4n) is 7.01. The molecular weight excluding hydrogens is 556 g/mol. The molecule has 0 amide bonds. The van der Waals surface area contributed by atoms with E-state index in [1.165, 1.54) is 43.8 Å². The van der Waals surface area contributed by atoms with Crippen molar-refractivity contribution in [2.45, 2.75) is 133 Å². The summed E-state index contributed by atoms with van der Waals surface area (Å²) in [6.07, 6.45) is 25.5. The first-order valence-electron chi connectivity index (χ1n) is 16.8. The Morgan fingerprint density at radius 2 is 1.80 bits per heavy atom. The van der Waals surface area contributed by atoms with Crippen LogP contribution in [0.3, 0.4) is 0 Å². The Bertz CT molecular complexity index is 1110. The van der Waals surface area contributed by atoms with Gasteiger partial charge in [0.25, 0.3) is 0 Å². The number of hydrogen-bond donors (Lipinski definition) is 2. The molecule has 4 aliphatic heterocycles. The highest BCUT2D eigenvalue weighted by Crippen LogP contribution is 2.35. The van der Waals surface area contributed by atoms with E-state index in [0.29, 0.717) is 25.4 Å². The number of rotatable bonds is 5. The van der Waals surface area contributed by atoms with E-state index in [1.807, 2.05) is 12.2 Å². The van der Waals surface area contributed by atoms with Crippen molar-refractivity contribution in [3.05, 3.63) is 72.4 Å². The van der Waals surface area contributed by atoms with Crippen molar-refractivity contribution in [3.8, 4) is 0 Å². The number of aliphatic hydroxyl groups is 2. The number of esters is 1. The first-order chi connectivity index (χ1) is 21.3. The van der Waals surface area contributed by atoms with Gasteiger partial charge in [-0.05, 0) is 70.1 Å². The standard InChI is InChI=1S/C37H52O7/c1-25-18-19-41-30(21-25)16-17-32(38)34-24-35-37(44-35)33(39)22-26(2)20-28(15-14-27-8-4-3-5-9-27)23-31-12-6-10-29(42-31)11-7-13-36(40)43-34/h6-7,10,13-18,27-35,37-39H,2-5,8-9,11-12,19-24H2,1H3/b13-7-,15-14+,17-16+/t28?,29-,30+,31-,32-,33-,34-,35-,37-/m0/s1. The average molecular weight is 609 g/mol. The number of epoxide rings is 1. The molecule has 1 saturated carbocycles. The van der Waals surface area contributed by atoms with Crippen LogP contribution in [0.5, 0.6) is 0 Å². The topological polar surface area (TPSA) is 97.8 Å². The molecule has 5 aliphatic rings. The number of aliphatic hydroxyl groups excluding tert-OH is 2. The van der Waals surface area contributed by atoms with Gasteiger partial charge < -0.3 is 29.2 Å². The van der Waals surface area contributed by atoms with Gasteiger partial charge in [0.15, 0.2) is 0 Å². The molecule has 0 radical (unpaired) electrons. The van der Waals surface area contributed by atoms with Gasteiger partial charge in [-0.2, -0.15) is 0 Å². The number of ether oxygens (including phenoxy) is 4. The maximum Gasteiger partial charge on any atom is 0.330 e. The predicted octanol–water partition coefficient (Wildman–Crippen LogP) is 6.22. The van der Waals surface area contributed by atoms with E-state index in [9.17, 15) is 15.0 Å². The molecule has 1 aliphatic carbocycles. The lowest BCUT2D eigenvalue weighted by Gasteiger charge is -2.29. The smallest absolute Gasteiger partial charge is 0.330 e. The van der Waals surface area contributed by atoms with Gasteiger partial charge in [-0.3, -0.25) is 0 Å². The van der Waals surface area contributed by atoms with Gasteiger partial charge in [-0.25, -0.2) is 4.79 Å². The fraction of sp³-hybridized carbons (Fsp3) is 0.649. The molecule has 0 aromatic rings. The zero-order valence-electron chi connectivity index (χ0n) is 26.3. The molecule has 7 nitrogen and oxygen atoms in total. The molecule has 2 N–H and O–H groups in total. The van der Waals surface area contributed by atoms with Gasteiger partial charge in [0.05, 0.1) is 37.1 Å². The summed E-state index contributed by atoms with van der Waals surface area (Å²) in [5.74, 6) is 0.412. The van der Waals surface area contributed by atoms with Crippen molar-refractivity contribution in [2.24, 2.45) is 11.8 Å². The maximum absolute atomic E-state index is 12.8. The normalized spacial score (nSPS) is 37.9. The summed E-state index contributed by atoms with van der Waals surface area (Å²) >= 11 is 0. The van der Waals surface area contributed by atoms with Crippen molar-refractivity contribution in [2.75, 3.05) is 6.61 Å². The largest absolute Gasteiger partial charge is 0.456 e. The molecule has 5 rings (SSSR count). The van der Waals surface area contributed by atoms with Crippen molar-refractivity contribution in [1.82, 2.24) is 0 Å². The lowest BCUT2D eigenvalue weighted by Crippen LogP contribution is -2.32. The molecule has 1 unspecified atom stereocenters. The molecule has 4 heterocycles. The SMILES string of the molecule is C=C1CC(/C=C/C2CCCCC2)C[C@@H]2CC=C[C@@H](C/C=C\C(=O)O[C@H]([C@@H](O)/C=C/[C@@H]3CC(C)=CCO3)C[C@@H]3O[C@H]3[C@@H](O)C1)O2. The second-order valence-corrected chi connectivity index (χ2v) is 13.5. The Morgan fingerprint density at radius 3 is 2.61 bits per heavy atom. The molecule has 2 bridgehead atoms. The zero-order valence-corrected chi connectivity index (χ0v) is 26.3. The van der Waals surface area contributed by atoms with Gasteiger partial charge >= 0.3 is 5.97 Å². The van der Waals surface area contributed by atoms with Crippen LogP contribution in [0, 0.1) is 11.8 Å². The molecule has 44 heavy (non-hydrogen) atoms. The minimum atomic E-state index is -1.04. The second-order valence-electron chi connectivity index (χ2n) is 13.5. The molecule has 7 heteroatoms. The number of cyclic esters (lactones) is 1. The second kappa shape index (κ2) is 16.3. The Labute approximate surface area is 263 Å². The molecule has 9 atom stereocenters. The summed E-state index contributed by atoms with van der Waals surface area (Å²) in [4.78, 5) is 12.8. The number of fused-ring (bicyclic) bond motifs is 3. The molecular formula is C37H52O7. The van der Waals surface area contributed by atoms with Crippen LogP contribution in [0.25, 0.3) is 0 Å². The minimum Gasteiger partial charge on any atom is -0.456 e. The van der Waals surface area contributed by atoms with Crippen LogP contribution in [0.15, 0.2) is 72.4 Å².